The van der Waals surface area contributed by atoms with Crippen molar-refractivity contribution in [3.8, 4) is 0 Å². The van der Waals surface area contributed by atoms with E-state index in [2.05, 4.69) is 5.32 Å². The van der Waals surface area contributed by atoms with E-state index in [0.717, 1.165) is 16.7 Å². The Labute approximate surface area is 125 Å². The maximum Gasteiger partial charge on any atom is 0.328 e. The number of carboxylic acids is 1. The van der Waals surface area contributed by atoms with Crippen LogP contribution >= 0.6 is 11.3 Å². The van der Waals surface area contributed by atoms with Gasteiger partial charge in [0.2, 0.25) is 0 Å². The van der Waals surface area contributed by atoms with Crippen molar-refractivity contribution < 1.29 is 19.1 Å². The number of amides is 1. The summed E-state index contributed by atoms with van der Waals surface area (Å²) in [4.78, 5) is 23.2. The lowest BCUT2D eigenvalue weighted by Crippen LogP contribution is -2.33. The van der Waals surface area contributed by atoms with Crippen LogP contribution in [0.3, 0.4) is 0 Å². The molecule has 0 aliphatic rings. The molecule has 1 amide bonds. The Morgan fingerprint density at radius 1 is 1.52 bits per heavy atom. The Morgan fingerprint density at radius 3 is 3.00 bits per heavy atom. The summed E-state index contributed by atoms with van der Waals surface area (Å²) < 4.78 is 5.24. The highest BCUT2D eigenvalue weighted by Gasteiger charge is 2.12. The van der Waals surface area contributed by atoms with Crippen molar-refractivity contribution in [2.24, 2.45) is 0 Å². The molecule has 0 radical (unpaired) electrons. The van der Waals surface area contributed by atoms with Gasteiger partial charge in [-0.3, -0.25) is 4.79 Å². The second-order valence-corrected chi connectivity index (χ2v) is 5.51. The fourth-order valence-electron chi connectivity index (χ4n) is 1.80. The maximum absolute atomic E-state index is 12.1. The summed E-state index contributed by atoms with van der Waals surface area (Å²) in [7, 11) is 0. The van der Waals surface area contributed by atoms with Gasteiger partial charge in [-0.25, -0.2) is 4.79 Å². The Bertz CT molecular complexity index is 642. The van der Waals surface area contributed by atoms with Crippen molar-refractivity contribution in [3.63, 3.8) is 0 Å². The number of rotatable bonds is 6. The number of carbonyl (C=O) groups is 2. The van der Waals surface area contributed by atoms with Crippen molar-refractivity contribution in [2.45, 2.75) is 19.4 Å². The van der Waals surface area contributed by atoms with E-state index in [1.807, 2.05) is 19.1 Å². The number of hydrogen-bond donors (Lipinski definition) is 2. The van der Waals surface area contributed by atoms with Crippen LogP contribution < -0.4 is 5.32 Å². The highest BCUT2D eigenvalue weighted by atomic mass is 32.1. The largest absolute Gasteiger partial charge is 0.478 e. The van der Waals surface area contributed by atoms with Crippen LogP contribution in [0.2, 0.25) is 0 Å². The van der Waals surface area contributed by atoms with Gasteiger partial charge in [0, 0.05) is 28.8 Å². The van der Waals surface area contributed by atoms with Gasteiger partial charge in [-0.15, -0.1) is 11.3 Å². The van der Waals surface area contributed by atoms with Crippen LogP contribution in [0.15, 0.2) is 40.3 Å². The number of furan rings is 1. The zero-order valence-corrected chi connectivity index (χ0v) is 12.2. The molecule has 5 nitrogen and oxygen atoms in total. The number of aliphatic carboxylic acids is 1. The molecule has 0 saturated carbocycles. The molecule has 2 aromatic rings. The fraction of sp³-hybridized carbons (Fsp3) is 0.200. The molecule has 6 heteroatoms. The minimum atomic E-state index is -1.01. The smallest absolute Gasteiger partial charge is 0.328 e. The molecule has 110 valence electrons. The Hall–Kier alpha value is -2.34. The summed E-state index contributed by atoms with van der Waals surface area (Å²) in [5.41, 5.74) is 0.524. The van der Waals surface area contributed by atoms with E-state index >= 15 is 0 Å². The van der Waals surface area contributed by atoms with E-state index in [9.17, 15) is 9.59 Å². The van der Waals surface area contributed by atoms with E-state index in [4.69, 9.17) is 9.52 Å². The van der Waals surface area contributed by atoms with Gasteiger partial charge in [0.15, 0.2) is 0 Å². The quantitative estimate of drug-likeness (QED) is 0.804. The SMILES string of the molecule is CC(Cc1ccco1)NC(=O)c1csc(C=CC(=O)O)c1. The number of hydrogen-bond acceptors (Lipinski definition) is 4. The van der Waals surface area contributed by atoms with Crippen molar-refractivity contribution in [1.29, 1.82) is 0 Å². The van der Waals surface area contributed by atoms with Gasteiger partial charge >= 0.3 is 5.97 Å². The molecule has 0 aliphatic carbocycles. The molecule has 0 bridgehead atoms. The van der Waals surface area contributed by atoms with Crippen LogP contribution in [0.1, 0.15) is 27.9 Å². The third kappa shape index (κ3) is 4.61. The molecule has 0 aliphatic heterocycles. The summed E-state index contributed by atoms with van der Waals surface area (Å²) in [6.07, 6.45) is 4.74. The average molecular weight is 305 g/mol. The lowest BCUT2D eigenvalue weighted by Gasteiger charge is -2.11. The molecule has 2 aromatic heterocycles. The van der Waals surface area contributed by atoms with Crippen LogP contribution in [-0.2, 0) is 11.2 Å². The predicted octanol–water partition coefficient (Wildman–Crippen LogP) is 2.80. The monoisotopic (exact) mass is 305 g/mol. The molecule has 2 rings (SSSR count). The first-order valence-corrected chi connectivity index (χ1v) is 7.25. The Balaban J connectivity index is 1.92. The average Bonchev–Trinajstić information content (AvgIpc) is 3.06. The second kappa shape index (κ2) is 6.90. The van der Waals surface area contributed by atoms with Gasteiger partial charge in [-0.1, -0.05) is 0 Å². The minimum Gasteiger partial charge on any atom is -0.478 e. The van der Waals surface area contributed by atoms with Crippen molar-refractivity contribution in [2.75, 3.05) is 0 Å². The summed E-state index contributed by atoms with van der Waals surface area (Å²) in [5.74, 6) is -0.375. The predicted molar refractivity (Wildman–Crippen MR) is 80.3 cm³/mol. The van der Waals surface area contributed by atoms with E-state index in [1.54, 1.807) is 17.7 Å². The van der Waals surface area contributed by atoms with Crippen LogP contribution in [0.5, 0.6) is 0 Å². The first-order chi connectivity index (χ1) is 10.0. The Kier molecular flexibility index (Phi) is 4.94. The number of thiophene rings is 1. The van der Waals surface area contributed by atoms with E-state index in [0.29, 0.717) is 12.0 Å². The summed E-state index contributed by atoms with van der Waals surface area (Å²) in [6.45, 7) is 1.90. The molecule has 2 heterocycles. The third-order valence-electron chi connectivity index (χ3n) is 2.74. The molecule has 1 atom stereocenters. The zero-order chi connectivity index (χ0) is 15.2. The topological polar surface area (TPSA) is 79.5 Å². The van der Waals surface area contributed by atoms with Crippen molar-refractivity contribution in [3.05, 3.63) is 52.1 Å². The Morgan fingerprint density at radius 2 is 2.33 bits per heavy atom. The van der Waals surface area contributed by atoms with Gasteiger partial charge in [0.05, 0.1) is 11.8 Å². The van der Waals surface area contributed by atoms with Crippen molar-refractivity contribution >= 4 is 29.3 Å². The van der Waals surface area contributed by atoms with Crippen molar-refractivity contribution in [1.82, 2.24) is 5.32 Å². The fourth-order valence-corrected chi connectivity index (χ4v) is 2.58. The molecular weight excluding hydrogens is 290 g/mol. The molecule has 21 heavy (non-hydrogen) atoms. The molecule has 0 spiro atoms. The van der Waals surface area contributed by atoms with Crippen LogP contribution in [0, 0.1) is 0 Å². The van der Waals surface area contributed by atoms with Crippen LogP contribution in [-0.4, -0.2) is 23.0 Å². The number of nitrogens with one attached hydrogen (secondary N) is 1. The molecule has 0 aromatic carbocycles. The minimum absolute atomic E-state index is 0.0541. The molecule has 1 unspecified atom stereocenters. The number of carboxylic acid groups (broad SMARTS) is 1. The van der Waals surface area contributed by atoms with E-state index in [1.165, 1.54) is 17.4 Å². The van der Waals surface area contributed by atoms with Gasteiger partial charge in [0.25, 0.3) is 5.91 Å². The van der Waals surface area contributed by atoms with Gasteiger partial charge in [0.1, 0.15) is 5.76 Å². The van der Waals surface area contributed by atoms with E-state index in [-0.39, 0.29) is 11.9 Å². The van der Waals surface area contributed by atoms with E-state index < -0.39 is 5.97 Å². The van der Waals surface area contributed by atoms with Gasteiger partial charge in [-0.05, 0) is 31.2 Å². The third-order valence-corrected chi connectivity index (χ3v) is 3.63. The highest BCUT2D eigenvalue weighted by molar-refractivity contribution is 7.11. The lowest BCUT2D eigenvalue weighted by molar-refractivity contribution is -0.131. The summed E-state index contributed by atoms with van der Waals surface area (Å²) in [5, 5.41) is 13.1. The van der Waals surface area contributed by atoms with Crippen LogP contribution in [0.25, 0.3) is 6.08 Å². The second-order valence-electron chi connectivity index (χ2n) is 4.57. The number of carbonyl (C=O) groups excluding carboxylic acids is 1. The summed E-state index contributed by atoms with van der Waals surface area (Å²) in [6, 6.07) is 5.28. The maximum atomic E-state index is 12.1. The van der Waals surface area contributed by atoms with Crippen LogP contribution in [0.4, 0.5) is 0 Å². The zero-order valence-electron chi connectivity index (χ0n) is 11.4. The highest BCUT2D eigenvalue weighted by Crippen LogP contribution is 2.16. The normalized spacial score (nSPS) is 12.4. The first kappa shape index (κ1) is 15.1. The molecule has 0 fully saturated rings. The molecular formula is C15H15NO4S. The molecule has 0 saturated heterocycles. The standard InChI is InChI=1S/C15H15NO4S/c1-10(7-12-3-2-6-20-12)16-15(19)11-8-13(21-9-11)4-5-14(17)18/h2-6,8-10H,7H2,1H3,(H,16,19)(H,17,18). The molecule has 2 N–H and O–H groups in total. The first-order valence-electron chi connectivity index (χ1n) is 6.37. The van der Waals surface area contributed by atoms with Gasteiger partial charge < -0.3 is 14.8 Å². The summed E-state index contributed by atoms with van der Waals surface area (Å²) >= 11 is 1.32. The lowest BCUT2D eigenvalue weighted by atomic mass is 10.2. The van der Waals surface area contributed by atoms with Gasteiger partial charge in [-0.2, -0.15) is 0 Å².